The topological polar surface area (TPSA) is 78.2 Å². The van der Waals surface area contributed by atoms with Crippen molar-refractivity contribution in [2.75, 3.05) is 7.11 Å². The summed E-state index contributed by atoms with van der Waals surface area (Å²) in [5, 5.41) is 10.9. The summed E-state index contributed by atoms with van der Waals surface area (Å²) < 4.78 is 4.92. The minimum atomic E-state index is -0.525. The van der Waals surface area contributed by atoms with E-state index in [1.807, 2.05) is 13.8 Å². The molecular weight excluding hydrogens is 258 g/mol. The van der Waals surface area contributed by atoms with E-state index in [9.17, 15) is 10.1 Å². The minimum absolute atomic E-state index is 0.0343. The lowest BCUT2D eigenvalue weighted by Crippen LogP contribution is -2.19. The summed E-state index contributed by atoms with van der Waals surface area (Å²) in [5.74, 6) is -0.146. The molecule has 7 heteroatoms. The highest BCUT2D eigenvalue weighted by atomic mass is 35.5. The van der Waals surface area contributed by atoms with Gasteiger partial charge in [0, 0.05) is 11.3 Å². The van der Waals surface area contributed by atoms with Gasteiger partial charge in [0.25, 0.3) is 5.88 Å². The Labute approximate surface area is 110 Å². The lowest BCUT2D eigenvalue weighted by Gasteiger charge is -2.22. The van der Waals surface area contributed by atoms with E-state index in [-0.39, 0.29) is 28.8 Å². The highest BCUT2D eigenvalue weighted by Gasteiger charge is 2.33. The molecule has 6 nitrogen and oxygen atoms in total. The van der Waals surface area contributed by atoms with Crippen LogP contribution in [0.15, 0.2) is 6.33 Å². The van der Waals surface area contributed by atoms with Crippen molar-refractivity contribution in [2.24, 2.45) is 5.92 Å². The molecular formula is C11H16ClN3O3. The Balaban J connectivity index is 3.42. The molecule has 1 aromatic rings. The van der Waals surface area contributed by atoms with Crippen molar-refractivity contribution in [1.82, 2.24) is 9.97 Å². The number of rotatable bonds is 5. The van der Waals surface area contributed by atoms with Crippen LogP contribution in [-0.4, -0.2) is 27.4 Å². The average molecular weight is 274 g/mol. The maximum atomic E-state index is 11.2. The van der Waals surface area contributed by atoms with Gasteiger partial charge in [0.15, 0.2) is 0 Å². The molecule has 1 heterocycles. The van der Waals surface area contributed by atoms with E-state index >= 15 is 0 Å². The third kappa shape index (κ3) is 2.87. The van der Waals surface area contributed by atoms with E-state index in [4.69, 9.17) is 16.3 Å². The second kappa shape index (κ2) is 5.95. The molecule has 0 aliphatic carbocycles. The maximum Gasteiger partial charge on any atom is 0.352 e. The van der Waals surface area contributed by atoms with Crippen LogP contribution in [-0.2, 0) is 0 Å². The van der Waals surface area contributed by atoms with Crippen molar-refractivity contribution in [2.45, 2.75) is 32.1 Å². The second-order valence-electron chi connectivity index (χ2n) is 4.32. The van der Waals surface area contributed by atoms with Crippen LogP contribution < -0.4 is 4.74 Å². The van der Waals surface area contributed by atoms with E-state index < -0.39 is 4.92 Å². The Bertz CT molecular complexity index is 430. The van der Waals surface area contributed by atoms with Gasteiger partial charge in [-0.2, -0.15) is 4.98 Å². The van der Waals surface area contributed by atoms with Crippen LogP contribution in [0.25, 0.3) is 0 Å². The van der Waals surface area contributed by atoms with Gasteiger partial charge in [-0.1, -0.05) is 13.8 Å². The molecule has 0 amide bonds. The Morgan fingerprint density at radius 2 is 2.00 bits per heavy atom. The molecule has 2 unspecified atom stereocenters. The summed E-state index contributed by atoms with van der Waals surface area (Å²) in [7, 11) is 1.34. The van der Waals surface area contributed by atoms with Crippen LogP contribution in [0.1, 0.15) is 32.4 Å². The number of hydrogen-bond donors (Lipinski definition) is 0. The van der Waals surface area contributed by atoms with Gasteiger partial charge in [0.2, 0.25) is 0 Å². The minimum Gasteiger partial charge on any atom is -0.476 e. The Morgan fingerprint density at radius 3 is 2.39 bits per heavy atom. The Kier molecular flexibility index (Phi) is 4.84. The van der Waals surface area contributed by atoms with Crippen LogP contribution in [0, 0.1) is 16.0 Å². The van der Waals surface area contributed by atoms with Crippen molar-refractivity contribution in [3.8, 4) is 5.88 Å². The predicted octanol–water partition coefficient (Wildman–Crippen LogP) is 2.76. The van der Waals surface area contributed by atoms with Crippen LogP contribution >= 0.6 is 11.6 Å². The summed E-state index contributed by atoms with van der Waals surface area (Å²) in [6, 6.07) is 0. The molecule has 1 aromatic heterocycles. The van der Waals surface area contributed by atoms with Crippen molar-refractivity contribution in [3.05, 3.63) is 22.1 Å². The first-order valence-electron chi connectivity index (χ1n) is 5.57. The molecule has 0 aliphatic rings. The van der Waals surface area contributed by atoms with Gasteiger partial charge in [0.1, 0.15) is 12.0 Å². The van der Waals surface area contributed by atoms with E-state index in [1.165, 1.54) is 13.4 Å². The molecule has 100 valence electrons. The summed E-state index contributed by atoms with van der Waals surface area (Å²) in [6.45, 7) is 5.69. The molecule has 2 atom stereocenters. The molecule has 1 rings (SSSR count). The summed E-state index contributed by atoms with van der Waals surface area (Å²) in [5.41, 5.74) is 0.121. The number of alkyl halides is 1. The molecule has 0 N–H and O–H groups in total. The monoisotopic (exact) mass is 273 g/mol. The molecule has 0 aromatic carbocycles. The SMILES string of the molecule is COc1ncnc(C(C(C)C)C(C)Cl)c1[N+](=O)[O-]. The van der Waals surface area contributed by atoms with Crippen molar-refractivity contribution in [1.29, 1.82) is 0 Å². The van der Waals surface area contributed by atoms with Crippen LogP contribution in [0.3, 0.4) is 0 Å². The normalized spacial score (nSPS) is 14.3. The van der Waals surface area contributed by atoms with E-state index in [0.717, 1.165) is 0 Å². The molecule has 18 heavy (non-hydrogen) atoms. The van der Waals surface area contributed by atoms with Gasteiger partial charge in [-0.25, -0.2) is 4.98 Å². The summed E-state index contributed by atoms with van der Waals surface area (Å²) in [6.07, 6.45) is 1.26. The Hall–Kier alpha value is -1.43. The molecule has 0 spiro atoms. The van der Waals surface area contributed by atoms with Gasteiger partial charge in [-0.3, -0.25) is 10.1 Å². The fourth-order valence-corrected chi connectivity index (χ4v) is 2.41. The first-order valence-corrected chi connectivity index (χ1v) is 6.01. The van der Waals surface area contributed by atoms with Crippen LogP contribution in [0.4, 0.5) is 5.69 Å². The zero-order valence-electron chi connectivity index (χ0n) is 10.8. The van der Waals surface area contributed by atoms with Crippen molar-refractivity contribution >= 4 is 17.3 Å². The lowest BCUT2D eigenvalue weighted by molar-refractivity contribution is -0.387. The quantitative estimate of drug-likeness (QED) is 0.468. The lowest BCUT2D eigenvalue weighted by atomic mass is 9.88. The van der Waals surface area contributed by atoms with E-state index in [0.29, 0.717) is 5.69 Å². The fourth-order valence-electron chi connectivity index (χ4n) is 2.00. The highest BCUT2D eigenvalue weighted by molar-refractivity contribution is 6.20. The number of nitro groups is 1. The predicted molar refractivity (Wildman–Crippen MR) is 68.1 cm³/mol. The molecule has 0 saturated heterocycles. The number of aromatic nitrogens is 2. The molecule has 0 saturated carbocycles. The van der Waals surface area contributed by atoms with Crippen molar-refractivity contribution in [3.63, 3.8) is 0 Å². The van der Waals surface area contributed by atoms with E-state index in [1.54, 1.807) is 6.92 Å². The molecule has 0 radical (unpaired) electrons. The second-order valence-corrected chi connectivity index (χ2v) is 5.01. The van der Waals surface area contributed by atoms with Crippen molar-refractivity contribution < 1.29 is 9.66 Å². The smallest absolute Gasteiger partial charge is 0.352 e. The zero-order chi connectivity index (χ0) is 13.9. The average Bonchev–Trinajstić information content (AvgIpc) is 2.27. The number of nitrogens with zero attached hydrogens (tertiary/aromatic N) is 3. The summed E-state index contributed by atoms with van der Waals surface area (Å²) in [4.78, 5) is 18.4. The maximum absolute atomic E-state index is 11.2. The van der Waals surface area contributed by atoms with Gasteiger partial charge >= 0.3 is 5.69 Å². The van der Waals surface area contributed by atoms with Gasteiger partial charge < -0.3 is 4.74 Å². The number of halogens is 1. The third-order valence-electron chi connectivity index (χ3n) is 2.72. The molecule has 0 bridgehead atoms. The number of ether oxygens (including phenoxy) is 1. The standard InChI is InChI=1S/C11H16ClN3O3/c1-6(2)8(7(3)12)9-10(15(16)17)11(18-4)14-5-13-9/h5-8H,1-4H3. The highest BCUT2D eigenvalue weighted by Crippen LogP contribution is 2.38. The van der Waals surface area contributed by atoms with Crippen LogP contribution in [0.5, 0.6) is 5.88 Å². The third-order valence-corrected chi connectivity index (χ3v) is 2.99. The van der Waals surface area contributed by atoms with Gasteiger partial charge in [-0.15, -0.1) is 11.6 Å². The zero-order valence-corrected chi connectivity index (χ0v) is 11.5. The fraction of sp³-hybridized carbons (Fsp3) is 0.636. The first kappa shape index (κ1) is 14.6. The van der Waals surface area contributed by atoms with Crippen LogP contribution in [0.2, 0.25) is 0 Å². The van der Waals surface area contributed by atoms with Gasteiger partial charge in [-0.05, 0) is 12.8 Å². The largest absolute Gasteiger partial charge is 0.476 e. The Morgan fingerprint density at radius 1 is 1.39 bits per heavy atom. The molecule has 0 fully saturated rings. The first-order chi connectivity index (χ1) is 8.40. The number of hydrogen-bond acceptors (Lipinski definition) is 5. The number of methoxy groups -OCH3 is 1. The molecule has 0 aliphatic heterocycles. The van der Waals surface area contributed by atoms with Gasteiger partial charge in [0.05, 0.1) is 12.0 Å². The van der Waals surface area contributed by atoms with E-state index in [2.05, 4.69) is 9.97 Å². The summed E-state index contributed by atoms with van der Waals surface area (Å²) >= 11 is 6.12.